The number of hydrogen-bond donors (Lipinski definition) is 1. The molecule has 0 aliphatic heterocycles. The van der Waals surface area contributed by atoms with Gasteiger partial charge in [-0.25, -0.2) is 0 Å². The van der Waals surface area contributed by atoms with Crippen LogP contribution < -0.4 is 0 Å². The lowest BCUT2D eigenvalue weighted by Gasteiger charge is -2.17. The molecule has 2 rings (SSSR count). The van der Waals surface area contributed by atoms with Crippen LogP contribution in [0.25, 0.3) is 10.8 Å². The van der Waals surface area contributed by atoms with E-state index in [2.05, 4.69) is 0 Å². The van der Waals surface area contributed by atoms with E-state index < -0.39 is 12.3 Å². The Hall–Kier alpha value is -1.55. The summed E-state index contributed by atoms with van der Waals surface area (Å²) in [6.45, 7) is 2.02. The summed E-state index contributed by atoms with van der Waals surface area (Å²) in [5.41, 5.74) is 0.930. The maximum Gasteiger partial charge on any atom is 0.418 e. The molecule has 0 aliphatic carbocycles. The van der Waals surface area contributed by atoms with E-state index in [1.807, 2.05) is 13.0 Å². The van der Waals surface area contributed by atoms with E-state index in [4.69, 9.17) is 0 Å². The van der Waals surface area contributed by atoms with Crippen LogP contribution in [0.2, 0.25) is 0 Å². The highest BCUT2D eigenvalue weighted by Gasteiger charge is 2.40. The molecule has 0 saturated carbocycles. The molecule has 1 nitrogen and oxygen atoms in total. The molecule has 0 radical (unpaired) electrons. The van der Waals surface area contributed by atoms with E-state index in [1.54, 1.807) is 24.3 Å². The fourth-order valence-electron chi connectivity index (χ4n) is 2.30. The summed E-state index contributed by atoms with van der Waals surface area (Å²) in [5.74, 6) is 0. The smallest absolute Gasteiger partial charge is 0.379 e. The van der Waals surface area contributed by atoms with Gasteiger partial charge in [0.1, 0.15) is 0 Å². The first kappa shape index (κ1) is 13.9. The van der Waals surface area contributed by atoms with Crippen molar-refractivity contribution in [3.8, 4) is 0 Å². The Morgan fingerprint density at radius 1 is 1.05 bits per heavy atom. The molecule has 0 fully saturated rings. The van der Waals surface area contributed by atoms with Crippen LogP contribution in [0.4, 0.5) is 13.2 Å². The summed E-state index contributed by atoms with van der Waals surface area (Å²) in [4.78, 5) is 0. The molecule has 0 bridgehead atoms. The molecule has 0 aromatic heterocycles. The molecule has 1 atom stereocenters. The Morgan fingerprint density at radius 2 is 1.68 bits per heavy atom. The van der Waals surface area contributed by atoms with Crippen LogP contribution >= 0.6 is 0 Å². The van der Waals surface area contributed by atoms with Crippen molar-refractivity contribution in [1.29, 1.82) is 0 Å². The van der Waals surface area contributed by atoms with Crippen LogP contribution in [-0.2, 0) is 6.42 Å². The van der Waals surface area contributed by atoms with Gasteiger partial charge in [-0.1, -0.05) is 49.7 Å². The number of halogens is 3. The molecule has 2 aromatic carbocycles. The zero-order valence-electron chi connectivity index (χ0n) is 10.5. The van der Waals surface area contributed by atoms with Gasteiger partial charge < -0.3 is 5.11 Å². The molecular formula is C15H15F3O. The molecular weight excluding hydrogens is 253 g/mol. The van der Waals surface area contributed by atoms with Crippen molar-refractivity contribution >= 4 is 10.8 Å². The normalized spacial score (nSPS) is 13.7. The first-order valence-electron chi connectivity index (χ1n) is 6.20. The van der Waals surface area contributed by atoms with E-state index in [0.29, 0.717) is 5.39 Å². The molecule has 1 N–H and O–H groups in total. The second kappa shape index (κ2) is 5.21. The van der Waals surface area contributed by atoms with Crippen molar-refractivity contribution in [3.63, 3.8) is 0 Å². The van der Waals surface area contributed by atoms with Crippen molar-refractivity contribution < 1.29 is 18.3 Å². The molecule has 0 saturated heterocycles. The number of fused-ring (bicyclic) bond motifs is 1. The monoisotopic (exact) mass is 268 g/mol. The number of benzene rings is 2. The van der Waals surface area contributed by atoms with Crippen molar-refractivity contribution in [3.05, 3.63) is 47.5 Å². The van der Waals surface area contributed by atoms with E-state index in [1.165, 1.54) is 6.07 Å². The largest absolute Gasteiger partial charge is 0.418 e. The van der Waals surface area contributed by atoms with Crippen molar-refractivity contribution in [2.75, 3.05) is 0 Å². The lowest BCUT2D eigenvalue weighted by Crippen LogP contribution is -2.20. The van der Waals surface area contributed by atoms with Crippen LogP contribution in [0.1, 0.15) is 30.6 Å². The second-order valence-corrected chi connectivity index (χ2v) is 4.55. The lowest BCUT2D eigenvalue weighted by molar-refractivity contribution is -0.206. The maximum absolute atomic E-state index is 12.7. The average molecular weight is 268 g/mol. The zero-order chi connectivity index (χ0) is 14.0. The van der Waals surface area contributed by atoms with Gasteiger partial charge in [-0.2, -0.15) is 13.2 Å². The topological polar surface area (TPSA) is 20.2 Å². The van der Waals surface area contributed by atoms with Crippen molar-refractivity contribution in [2.24, 2.45) is 0 Å². The van der Waals surface area contributed by atoms with Crippen LogP contribution in [0.15, 0.2) is 36.4 Å². The van der Waals surface area contributed by atoms with Gasteiger partial charge in [-0.15, -0.1) is 0 Å². The standard InChI is InChI=1S/C15H15F3O/c1-2-5-10-6-3-8-12-11(10)7-4-9-13(12)14(19)15(16,17)18/h3-4,6-9,14,19H,2,5H2,1H3. The number of aryl methyl sites for hydroxylation is 1. The van der Waals surface area contributed by atoms with Crippen LogP contribution in [0.3, 0.4) is 0 Å². The maximum atomic E-state index is 12.7. The first-order valence-corrected chi connectivity index (χ1v) is 6.20. The molecule has 1 unspecified atom stereocenters. The Bertz CT molecular complexity index is 575. The van der Waals surface area contributed by atoms with Gasteiger partial charge in [0.05, 0.1) is 0 Å². The number of hydrogen-bond acceptors (Lipinski definition) is 1. The minimum absolute atomic E-state index is 0.0806. The molecule has 0 spiro atoms. The number of aliphatic hydroxyl groups excluding tert-OH is 1. The Balaban J connectivity index is 2.61. The van der Waals surface area contributed by atoms with Crippen LogP contribution in [-0.4, -0.2) is 11.3 Å². The zero-order valence-corrected chi connectivity index (χ0v) is 10.5. The molecule has 0 heterocycles. The second-order valence-electron chi connectivity index (χ2n) is 4.55. The summed E-state index contributed by atoms with van der Waals surface area (Å²) in [5, 5.41) is 10.7. The number of alkyl halides is 3. The SMILES string of the molecule is CCCc1cccc2c(C(O)C(F)(F)F)cccc12. The van der Waals surface area contributed by atoms with E-state index in [0.717, 1.165) is 23.8 Å². The summed E-state index contributed by atoms with van der Waals surface area (Å²) >= 11 is 0. The van der Waals surface area contributed by atoms with Gasteiger partial charge in [0.25, 0.3) is 0 Å². The number of aliphatic hydroxyl groups is 1. The summed E-state index contributed by atoms with van der Waals surface area (Å²) in [7, 11) is 0. The molecule has 4 heteroatoms. The van der Waals surface area contributed by atoms with Gasteiger partial charge in [-0.3, -0.25) is 0 Å². The van der Waals surface area contributed by atoms with Gasteiger partial charge in [0.2, 0.25) is 0 Å². The molecule has 2 aromatic rings. The number of rotatable bonds is 3. The van der Waals surface area contributed by atoms with Gasteiger partial charge in [0, 0.05) is 0 Å². The fraction of sp³-hybridized carbons (Fsp3) is 0.333. The molecule has 19 heavy (non-hydrogen) atoms. The van der Waals surface area contributed by atoms with E-state index in [-0.39, 0.29) is 5.56 Å². The minimum atomic E-state index is -4.64. The van der Waals surface area contributed by atoms with Crippen LogP contribution in [0.5, 0.6) is 0 Å². The third-order valence-corrected chi connectivity index (χ3v) is 3.17. The predicted octanol–water partition coefficient (Wildman–Crippen LogP) is 4.39. The lowest BCUT2D eigenvalue weighted by atomic mass is 9.95. The van der Waals surface area contributed by atoms with Crippen LogP contribution in [0, 0.1) is 0 Å². The highest BCUT2D eigenvalue weighted by molar-refractivity contribution is 5.89. The predicted molar refractivity (Wildman–Crippen MR) is 69.0 cm³/mol. The van der Waals surface area contributed by atoms with E-state index >= 15 is 0 Å². The third kappa shape index (κ3) is 2.73. The summed E-state index contributed by atoms with van der Waals surface area (Å²) in [6, 6.07) is 9.96. The highest BCUT2D eigenvalue weighted by atomic mass is 19.4. The Kier molecular flexibility index (Phi) is 3.80. The van der Waals surface area contributed by atoms with Gasteiger partial charge >= 0.3 is 6.18 Å². The Labute approximate surface area is 109 Å². The fourth-order valence-corrected chi connectivity index (χ4v) is 2.30. The Morgan fingerprint density at radius 3 is 2.32 bits per heavy atom. The highest BCUT2D eigenvalue weighted by Crippen LogP contribution is 2.36. The molecule has 102 valence electrons. The summed E-state index contributed by atoms with van der Waals surface area (Å²) in [6.07, 6.45) is -5.35. The third-order valence-electron chi connectivity index (χ3n) is 3.17. The average Bonchev–Trinajstić information content (AvgIpc) is 2.37. The quantitative estimate of drug-likeness (QED) is 0.875. The van der Waals surface area contributed by atoms with Crippen molar-refractivity contribution in [2.45, 2.75) is 32.0 Å². The molecule has 0 aliphatic rings. The van der Waals surface area contributed by atoms with Gasteiger partial charge in [0.15, 0.2) is 6.10 Å². The summed E-state index contributed by atoms with van der Waals surface area (Å²) < 4.78 is 38.0. The first-order chi connectivity index (χ1) is 8.95. The molecule has 0 amide bonds. The van der Waals surface area contributed by atoms with Crippen molar-refractivity contribution in [1.82, 2.24) is 0 Å². The van der Waals surface area contributed by atoms with Gasteiger partial charge in [-0.05, 0) is 28.3 Å². The minimum Gasteiger partial charge on any atom is -0.379 e. The van der Waals surface area contributed by atoms with E-state index in [9.17, 15) is 18.3 Å².